The molecule has 0 spiro atoms. The predicted octanol–water partition coefficient (Wildman–Crippen LogP) is 6.31. The highest BCUT2D eigenvalue weighted by molar-refractivity contribution is 6.01. The molecule has 0 radical (unpaired) electrons. The van der Waals surface area contributed by atoms with Crippen LogP contribution >= 0.6 is 0 Å². The number of nitrogens with one attached hydrogen (secondary N) is 3. The van der Waals surface area contributed by atoms with Crippen molar-refractivity contribution in [1.82, 2.24) is 10.2 Å². The van der Waals surface area contributed by atoms with E-state index in [-0.39, 0.29) is 12.3 Å². The van der Waals surface area contributed by atoms with Crippen molar-refractivity contribution in [2.75, 3.05) is 17.7 Å². The number of methoxy groups -OCH3 is 1. The number of carbonyl (C=O) groups excluding carboxylic acids is 2. The molecule has 0 aliphatic carbocycles. The lowest BCUT2D eigenvalue weighted by Crippen LogP contribution is -2.29. The third-order valence-corrected chi connectivity index (χ3v) is 6.75. The third kappa shape index (κ3) is 7.66. The van der Waals surface area contributed by atoms with Crippen molar-refractivity contribution >= 4 is 29.3 Å². The van der Waals surface area contributed by atoms with Gasteiger partial charge in [0.05, 0.1) is 31.3 Å². The fourth-order valence-electron chi connectivity index (χ4n) is 4.72. The summed E-state index contributed by atoms with van der Waals surface area (Å²) in [5.41, 5.74) is 4.35. The van der Waals surface area contributed by atoms with Crippen LogP contribution in [0.25, 0.3) is 0 Å². The van der Waals surface area contributed by atoms with E-state index in [1.807, 2.05) is 97.0 Å². The molecule has 1 heterocycles. The molecule has 1 aliphatic heterocycles. The Morgan fingerprint density at radius 2 is 1.62 bits per heavy atom. The molecular formula is C33H34N4O5. The minimum atomic E-state index is -0.929. The van der Waals surface area contributed by atoms with Crippen LogP contribution in [0.3, 0.4) is 0 Å². The summed E-state index contributed by atoms with van der Waals surface area (Å²) in [5.74, 6) is -0.770. The summed E-state index contributed by atoms with van der Waals surface area (Å²) in [4.78, 5) is 38.7. The monoisotopic (exact) mass is 566 g/mol. The minimum absolute atomic E-state index is 0.123. The van der Waals surface area contributed by atoms with Crippen LogP contribution in [0, 0.1) is 6.92 Å². The van der Waals surface area contributed by atoms with Crippen molar-refractivity contribution in [3.05, 3.63) is 126 Å². The second-order valence-corrected chi connectivity index (χ2v) is 9.79. The van der Waals surface area contributed by atoms with Crippen molar-refractivity contribution in [3.63, 3.8) is 0 Å². The Kier molecular flexibility index (Phi) is 9.78. The van der Waals surface area contributed by atoms with Gasteiger partial charge < -0.3 is 30.7 Å². The number of aryl methyl sites for hydroxylation is 1. The summed E-state index contributed by atoms with van der Waals surface area (Å²) >= 11 is 0. The van der Waals surface area contributed by atoms with Gasteiger partial charge in [-0.2, -0.15) is 0 Å². The van der Waals surface area contributed by atoms with Gasteiger partial charge in [0.15, 0.2) is 0 Å². The number of hydrogen-bond donors (Lipinski definition) is 4. The van der Waals surface area contributed by atoms with Crippen LogP contribution in [-0.2, 0) is 9.59 Å². The fraction of sp³-hybridized carbons (Fsp3) is 0.182. The van der Waals surface area contributed by atoms with E-state index in [0.29, 0.717) is 22.7 Å². The van der Waals surface area contributed by atoms with Crippen LogP contribution in [0.5, 0.6) is 5.75 Å². The van der Waals surface area contributed by atoms with Gasteiger partial charge >= 0.3 is 12.0 Å². The third-order valence-electron chi connectivity index (χ3n) is 6.75. The molecule has 42 heavy (non-hydrogen) atoms. The Hall–Kier alpha value is -5.31. The molecule has 0 aromatic heterocycles. The van der Waals surface area contributed by atoms with Gasteiger partial charge in [-0.3, -0.25) is 9.59 Å². The van der Waals surface area contributed by atoms with E-state index < -0.39 is 24.1 Å². The average molecular weight is 567 g/mol. The first-order chi connectivity index (χ1) is 20.2. The summed E-state index contributed by atoms with van der Waals surface area (Å²) in [6.45, 7) is 3.34. The number of carbonyl (C=O) groups is 3. The highest BCUT2D eigenvalue weighted by Gasteiger charge is 2.24. The first-order valence-corrected chi connectivity index (χ1v) is 13.4. The molecule has 3 aromatic carbocycles. The fourth-order valence-corrected chi connectivity index (χ4v) is 4.72. The van der Waals surface area contributed by atoms with Crippen LogP contribution in [0.15, 0.2) is 109 Å². The van der Waals surface area contributed by atoms with Crippen LogP contribution in [0.1, 0.15) is 42.1 Å². The Labute approximate surface area is 245 Å². The number of anilines is 2. The lowest BCUT2D eigenvalue weighted by Gasteiger charge is -2.29. The SMILES string of the molecule is COc1cc(C(NC(C)=O)C2=CN(C(CC(=O)O)c3ccccc3)C=CC=C2)ccc1NC(=O)Nc1ccccc1C. The molecule has 4 N–H and O–H groups in total. The van der Waals surface area contributed by atoms with Crippen molar-refractivity contribution in [1.29, 1.82) is 0 Å². The normalized spacial score (nSPS) is 13.8. The molecule has 216 valence electrons. The van der Waals surface area contributed by atoms with E-state index in [1.54, 1.807) is 18.2 Å². The molecule has 2 atom stereocenters. The topological polar surface area (TPSA) is 120 Å². The maximum Gasteiger partial charge on any atom is 0.323 e. The minimum Gasteiger partial charge on any atom is -0.495 e. The Bertz CT molecular complexity index is 1530. The molecule has 2 unspecified atom stereocenters. The van der Waals surface area contributed by atoms with Crippen LogP contribution in [0.2, 0.25) is 0 Å². The van der Waals surface area contributed by atoms with Gasteiger partial charge in [0.25, 0.3) is 0 Å². The molecular weight excluding hydrogens is 532 g/mol. The van der Waals surface area contributed by atoms with Crippen molar-refractivity contribution in [2.24, 2.45) is 0 Å². The van der Waals surface area contributed by atoms with Crippen molar-refractivity contribution in [2.45, 2.75) is 32.4 Å². The Morgan fingerprint density at radius 3 is 2.31 bits per heavy atom. The number of nitrogens with zero attached hydrogens (tertiary/aromatic N) is 1. The van der Waals surface area contributed by atoms with E-state index in [9.17, 15) is 19.5 Å². The maximum absolute atomic E-state index is 12.7. The summed E-state index contributed by atoms with van der Waals surface area (Å²) in [5, 5.41) is 18.3. The molecule has 9 heteroatoms. The summed E-state index contributed by atoms with van der Waals surface area (Å²) in [6.07, 6.45) is 9.07. The van der Waals surface area contributed by atoms with Crippen LogP contribution in [-0.4, -0.2) is 35.0 Å². The summed E-state index contributed by atoms with van der Waals surface area (Å²) in [6, 6.07) is 20.7. The molecule has 4 rings (SSSR count). The van der Waals surface area contributed by atoms with Crippen LogP contribution < -0.4 is 20.7 Å². The van der Waals surface area contributed by atoms with Gasteiger partial charge in [-0.1, -0.05) is 66.7 Å². The Morgan fingerprint density at radius 1 is 0.905 bits per heavy atom. The van der Waals surface area contributed by atoms with E-state index in [4.69, 9.17) is 4.74 Å². The Balaban J connectivity index is 1.65. The van der Waals surface area contributed by atoms with Gasteiger partial charge in [0, 0.05) is 25.0 Å². The van der Waals surface area contributed by atoms with E-state index in [2.05, 4.69) is 16.0 Å². The first-order valence-electron chi connectivity index (χ1n) is 13.4. The number of amides is 3. The summed E-state index contributed by atoms with van der Waals surface area (Å²) in [7, 11) is 1.50. The predicted molar refractivity (Wildman–Crippen MR) is 163 cm³/mol. The quantitative estimate of drug-likeness (QED) is 0.228. The van der Waals surface area contributed by atoms with Gasteiger partial charge in [-0.15, -0.1) is 0 Å². The number of carboxylic acid groups (broad SMARTS) is 1. The largest absolute Gasteiger partial charge is 0.495 e. The van der Waals surface area contributed by atoms with Gasteiger partial charge in [0.2, 0.25) is 5.91 Å². The standard InChI is InChI=1S/C33H34N4O5/c1-22-11-7-8-15-27(22)35-33(41)36-28-17-16-25(19-30(28)42-3)32(34-23(2)38)26-14-9-10-18-37(21-26)29(20-31(39)40)24-12-5-4-6-13-24/h4-19,21,29,32H,20H2,1-3H3,(H,34,38)(H,39,40)(H2,35,36,41). The highest BCUT2D eigenvalue weighted by Crippen LogP contribution is 2.34. The van der Waals surface area contributed by atoms with Gasteiger partial charge in [-0.25, -0.2) is 4.79 Å². The van der Waals surface area contributed by atoms with Gasteiger partial charge in [-0.05, 0) is 53.5 Å². The summed E-state index contributed by atoms with van der Waals surface area (Å²) < 4.78 is 5.61. The zero-order valence-corrected chi connectivity index (χ0v) is 23.7. The molecule has 1 aliphatic rings. The molecule has 0 saturated carbocycles. The average Bonchev–Trinajstić information content (AvgIpc) is 3.22. The second kappa shape index (κ2) is 13.8. The maximum atomic E-state index is 12.7. The number of ether oxygens (including phenoxy) is 1. The number of benzene rings is 3. The lowest BCUT2D eigenvalue weighted by atomic mass is 9.97. The number of urea groups is 1. The molecule has 3 amide bonds. The van der Waals surface area contributed by atoms with Crippen LogP contribution in [0.4, 0.5) is 16.2 Å². The lowest BCUT2D eigenvalue weighted by molar-refractivity contribution is -0.138. The molecule has 3 aromatic rings. The number of carboxylic acids is 1. The number of allylic oxidation sites excluding steroid dienone is 2. The number of aliphatic carboxylic acids is 1. The molecule has 0 fully saturated rings. The van der Waals surface area contributed by atoms with Crippen molar-refractivity contribution < 1.29 is 24.2 Å². The molecule has 9 nitrogen and oxygen atoms in total. The van der Waals surface area contributed by atoms with Gasteiger partial charge in [0.1, 0.15) is 5.75 Å². The van der Waals surface area contributed by atoms with Crippen molar-refractivity contribution in [3.8, 4) is 5.75 Å². The number of hydrogen-bond acceptors (Lipinski definition) is 5. The second-order valence-electron chi connectivity index (χ2n) is 9.79. The zero-order valence-electron chi connectivity index (χ0n) is 23.7. The number of rotatable bonds is 10. The highest BCUT2D eigenvalue weighted by atomic mass is 16.5. The van der Waals surface area contributed by atoms with E-state index in [1.165, 1.54) is 14.0 Å². The first kappa shape index (κ1) is 29.7. The number of para-hydroxylation sites is 1. The van der Waals surface area contributed by atoms with E-state index >= 15 is 0 Å². The van der Waals surface area contributed by atoms with E-state index in [0.717, 1.165) is 16.7 Å². The molecule has 0 saturated heterocycles. The zero-order chi connectivity index (χ0) is 30.1. The molecule has 0 bridgehead atoms. The smallest absolute Gasteiger partial charge is 0.323 e.